The third kappa shape index (κ3) is 3.90. The molecule has 0 amide bonds. The normalized spacial score (nSPS) is 12.2. The van der Waals surface area contributed by atoms with E-state index in [9.17, 15) is 0 Å². The first-order chi connectivity index (χ1) is 9.74. The smallest absolute Gasteiger partial charge is 0.123 e. The number of nitrogens with one attached hydrogen (secondary N) is 1. The van der Waals surface area contributed by atoms with Gasteiger partial charge in [-0.3, -0.25) is 11.3 Å². The third-order valence-electron chi connectivity index (χ3n) is 2.93. The van der Waals surface area contributed by atoms with E-state index >= 15 is 0 Å². The highest BCUT2D eigenvalue weighted by molar-refractivity contribution is 7.99. The Morgan fingerprint density at radius 2 is 2.00 bits per heavy atom. The van der Waals surface area contributed by atoms with Gasteiger partial charge < -0.3 is 4.74 Å². The maximum Gasteiger partial charge on any atom is 0.123 e. The van der Waals surface area contributed by atoms with Crippen LogP contribution in [0.4, 0.5) is 0 Å². The third-order valence-corrected chi connectivity index (χ3v) is 4.27. The van der Waals surface area contributed by atoms with Crippen molar-refractivity contribution in [3.63, 3.8) is 0 Å². The summed E-state index contributed by atoms with van der Waals surface area (Å²) in [5.74, 6) is 7.25. The van der Waals surface area contributed by atoms with Crippen LogP contribution in [-0.2, 0) is 0 Å². The van der Waals surface area contributed by atoms with Gasteiger partial charge in [-0.1, -0.05) is 29.8 Å². The van der Waals surface area contributed by atoms with Crippen LogP contribution in [0.3, 0.4) is 0 Å². The Kier molecular flexibility index (Phi) is 5.73. The Labute approximate surface area is 128 Å². The van der Waals surface area contributed by atoms with Crippen LogP contribution in [0.2, 0.25) is 5.02 Å². The molecule has 3 nitrogen and oxygen atoms in total. The molecule has 2 aromatic carbocycles. The summed E-state index contributed by atoms with van der Waals surface area (Å²) < 4.78 is 5.37. The van der Waals surface area contributed by atoms with E-state index < -0.39 is 0 Å². The Bertz CT molecular complexity index is 551. The molecular formula is C15H17ClN2OS. The highest BCUT2D eigenvalue weighted by Gasteiger charge is 2.15. The molecule has 0 spiro atoms. The van der Waals surface area contributed by atoms with Crippen LogP contribution in [0.5, 0.6) is 5.75 Å². The monoisotopic (exact) mass is 308 g/mol. The molecule has 0 saturated carbocycles. The lowest BCUT2D eigenvalue weighted by Crippen LogP contribution is -2.30. The molecule has 3 N–H and O–H groups in total. The largest absolute Gasteiger partial charge is 0.496 e. The Balaban J connectivity index is 2.14. The summed E-state index contributed by atoms with van der Waals surface area (Å²) >= 11 is 7.79. The van der Waals surface area contributed by atoms with Gasteiger partial charge in [-0.15, -0.1) is 11.8 Å². The van der Waals surface area contributed by atoms with E-state index in [4.69, 9.17) is 22.2 Å². The van der Waals surface area contributed by atoms with Crippen molar-refractivity contribution in [3.05, 3.63) is 59.1 Å². The minimum Gasteiger partial charge on any atom is -0.496 e. The van der Waals surface area contributed by atoms with E-state index in [1.54, 1.807) is 18.9 Å². The fourth-order valence-corrected chi connectivity index (χ4v) is 3.07. The van der Waals surface area contributed by atoms with E-state index in [-0.39, 0.29) is 6.04 Å². The van der Waals surface area contributed by atoms with Crippen LogP contribution in [0, 0.1) is 0 Å². The quantitative estimate of drug-likeness (QED) is 0.486. The Morgan fingerprint density at radius 1 is 1.25 bits per heavy atom. The SMILES string of the molecule is COc1ccc(Cl)cc1C(CSc1ccccc1)NN. The number of ether oxygens (including phenoxy) is 1. The maximum atomic E-state index is 6.06. The van der Waals surface area contributed by atoms with Gasteiger partial charge in [-0.05, 0) is 30.3 Å². The van der Waals surface area contributed by atoms with E-state index in [0.29, 0.717) is 5.02 Å². The second-order valence-electron chi connectivity index (χ2n) is 4.23. The second kappa shape index (κ2) is 7.55. The average Bonchev–Trinajstić information content (AvgIpc) is 2.49. The van der Waals surface area contributed by atoms with Crippen molar-refractivity contribution in [2.75, 3.05) is 12.9 Å². The summed E-state index contributed by atoms with van der Waals surface area (Å²) in [6.45, 7) is 0. The number of nitrogens with two attached hydrogens (primary N) is 1. The van der Waals surface area contributed by atoms with Crippen molar-refractivity contribution >= 4 is 23.4 Å². The zero-order valence-electron chi connectivity index (χ0n) is 11.2. The van der Waals surface area contributed by atoms with Crippen LogP contribution < -0.4 is 16.0 Å². The molecule has 106 valence electrons. The molecule has 0 aliphatic carbocycles. The molecule has 0 bridgehead atoms. The number of halogens is 1. The lowest BCUT2D eigenvalue weighted by Gasteiger charge is -2.19. The number of hydrogen-bond acceptors (Lipinski definition) is 4. The van der Waals surface area contributed by atoms with Crippen molar-refractivity contribution in [3.8, 4) is 5.75 Å². The number of thioether (sulfide) groups is 1. The molecule has 5 heteroatoms. The minimum absolute atomic E-state index is 0.0335. The summed E-state index contributed by atoms with van der Waals surface area (Å²) in [6.07, 6.45) is 0. The van der Waals surface area contributed by atoms with Crippen LogP contribution in [-0.4, -0.2) is 12.9 Å². The molecule has 2 aromatic rings. The van der Waals surface area contributed by atoms with Crippen molar-refractivity contribution in [2.24, 2.45) is 5.84 Å². The number of rotatable bonds is 6. The van der Waals surface area contributed by atoms with E-state index in [1.165, 1.54) is 4.90 Å². The lowest BCUT2D eigenvalue weighted by atomic mass is 10.1. The molecule has 0 saturated heterocycles. The summed E-state index contributed by atoms with van der Waals surface area (Å²) in [7, 11) is 1.64. The molecule has 20 heavy (non-hydrogen) atoms. The standard InChI is InChI=1S/C15H17ClN2OS/c1-19-15-8-7-11(16)9-13(15)14(18-17)10-20-12-5-3-2-4-6-12/h2-9,14,18H,10,17H2,1H3. The van der Waals surface area contributed by atoms with E-state index in [0.717, 1.165) is 17.1 Å². The molecule has 0 aliphatic heterocycles. The molecule has 1 atom stereocenters. The fourth-order valence-electron chi connectivity index (χ4n) is 1.90. The molecule has 0 fully saturated rings. The molecule has 2 rings (SSSR count). The van der Waals surface area contributed by atoms with Crippen LogP contribution in [0.15, 0.2) is 53.4 Å². The molecular weight excluding hydrogens is 292 g/mol. The van der Waals surface area contributed by atoms with Gasteiger partial charge in [0.2, 0.25) is 0 Å². The van der Waals surface area contributed by atoms with Crippen molar-refractivity contribution in [2.45, 2.75) is 10.9 Å². The number of benzene rings is 2. The first-order valence-electron chi connectivity index (χ1n) is 6.22. The van der Waals surface area contributed by atoms with Gasteiger partial charge in [0.05, 0.1) is 13.2 Å². The Hall–Kier alpha value is -1.20. The van der Waals surface area contributed by atoms with Crippen molar-refractivity contribution in [1.29, 1.82) is 0 Å². The molecule has 0 aromatic heterocycles. The van der Waals surface area contributed by atoms with Gasteiger partial charge in [0.1, 0.15) is 5.75 Å². The topological polar surface area (TPSA) is 47.3 Å². The highest BCUT2D eigenvalue weighted by Crippen LogP contribution is 2.31. The first kappa shape index (κ1) is 15.2. The van der Waals surface area contributed by atoms with E-state index in [2.05, 4.69) is 17.6 Å². The van der Waals surface area contributed by atoms with Gasteiger partial charge in [-0.25, -0.2) is 0 Å². The molecule has 0 aliphatic rings. The van der Waals surface area contributed by atoms with Gasteiger partial charge >= 0.3 is 0 Å². The van der Waals surface area contributed by atoms with Crippen molar-refractivity contribution < 1.29 is 4.74 Å². The minimum atomic E-state index is -0.0335. The van der Waals surface area contributed by atoms with Gasteiger partial charge in [0.15, 0.2) is 0 Å². The summed E-state index contributed by atoms with van der Waals surface area (Å²) in [5.41, 5.74) is 3.79. The summed E-state index contributed by atoms with van der Waals surface area (Å²) in [6, 6.07) is 15.7. The first-order valence-corrected chi connectivity index (χ1v) is 7.58. The van der Waals surface area contributed by atoms with Gasteiger partial charge in [0.25, 0.3) is 0 Å². The second-order valence-corrected chi connectivity index (χ2v) is 5.76. The molecule has 1 unspecified atom stereocenters. The zero-order chi connectivity index (χ0) is 14.4. The predicted molar refractivity (Wildman–Crippen MR) is 85.2 cm³/mol. The van der Waals surface area contributed by atoms with Crippen LogP contribution in [0.25, 0.3) is 0 Å². The van der Waals surface area contributed by atoms with Crippen molar-refractivity contribution in [1.82, 2.24) is 5.43 Å². The summed E-state index contributed by atoms with van der Waals surface area (Å²) in [5, 5.41) is 0.672. The lowest BCUT2D eigenvalue weighted by molar-refractivity contribution is 0.403. The zero-order valence-corrected chi connectivity index (χ0v) is 12.7. The Morgan fingerprint density at radius 3 is 2.65 bits per heavy atom. The van der Waals surface area contributed by atoms with Gasteiger partial charge in [0, 0.05) is 21.2 Å². The van der Waals surface area contributed by atoms with Crippen LogP contribution >= 0.6 is 23.4 Å². The summed E-state index contributed by atoms with van der Waals surface area (Å²) in [4.78, 5) is 1.20. The average molecular weight is 309 g/mol. The maximum absolute atomic E-state index is 6.06. The van der Waals surface area contributed by atoms with E-state index in [1.807, 2.05) is 36.4 Å². The highest BCUT2D eigenvalue weighted by atomic mass is 35.5. The predicted octanol–water partition coefficient (Wildman–Crippen LogP) is 3.65. The number of hydrazine groups is 1. The van der Waals surface area contributed by atoms with Gasteiger partial charge in [-0.2, -0.15) is 0 Å². The number of hydrogen-bond donors (Lipinski definition) is 2. The molecule has 0 radical (unpaired) electrons. The molecule has 0 heterocycles. The fraction of sp³-hybridized carbons (Fsp3) is 0.200. The number of methoxy groups -OCH3 is 1. The van der Waals surface area contributed by atoms with Crippen LogP contribution in [0.1, 0.15) is 11.6 Å².